The minimum Gasteiger partial charge on any atom is -0.392 e. The van der Waals surface area contributed by atoms with Crippen molar-refractivity contribution >= 4 is 23.1 Å². The predicted octanol–water partition coefficient (Wildman–Crippen LogP) is 1.23. The fraction of sp³-hybridized carbons (Fsp3) is 0.615. The molecule has 1 saturated carbocycles. The fourth-order valence-corrected chi connectivity index (χ4v) is 2.96. The van der Waals surface area contributed by atoms with Crippen LogP contribution < -0.4 is 11.1 Å². The Kier molecular flexibility index (Phi) is 4.19. The lowest BCUT2D eigenvalue weighted by molar-refractivity contribution is -0.128. The molecule has 1 atom stereocenters. The van der Waals surface area contributed by atoms with E-state index < -0.39 is 5.41 Å². The summed E-state index contributed by atoms with van der Waals surface area (Å²) in [6.45, 7) is 2.61. The standard InChI is InChI=1S/C13H20N4OS/c1-10(9-17-8-4-7-15-17)16-12(18)13(11(14)19)5-2-3-6-13/h4,7-8,10H,2-3,5-6,9H2,1H3,(H2,14,19)(H,16,18). The largest absolute Gasteiger partial charge is 0.392 e. The van der Waals surface area contributed by atoms with Gasteiger partial charge in [-0.1, -0.05) is 25.1 Å². The maximum atomic E-state index is 12.4. The summed E-state index contributed by atoms with van der Waals surface area (Å²) in [5, 5.41) is 7.14. The van der Waals surface area contributed by atoms with Crippen LogP contribution in [0.2, 0.25) is 0 Å². The molecule has 0 radical (unpaired) electrons. The van der Waals surface area contributed by atoms with E-state index in [1.807, 2.05) is 19.2 Å². The lowest BCUT2D eigenvalue weighted by Crippen LogP contribution is -2.50. The summed E-state index contributed by atoms with van der Waals surface area (Å²) < 4.78 is 1.80. The molecular formula is C13H20N4OS. The number of amides is 1. The number of carbonyl (C=O) groups is 1. The minimum absolute atomic E-state index is 0.000718. The second-order valence-corrected chi connectivity index (χ2v) is 5.70. The summed E-state index contributed by atoms with van der Waals surface area (Å²) in [7, 11) is 0. The molecular weight excluding hydrogens is 260 g/mol. The number of rotatable bonds is 5. The Morgan fingerprint density at radius 2 is 2.26 bits per heavy atom. The third-order valence-corrected chi connectivity index (χ3v) is 4.15. The Morgan fingerprint density at radius 1 is 1.58 bits per heavy atom. The zero-order chi connectivity index (χ0) is 13.9. The molecule has 104 valence electrons. The highest BCUT2D eigenvalue weighted by molar-refractivity contribution is 7.80. The molecule has 1 aromatic heterocycles. The number of nitrogens with one attached hydrogen (secondary N) is 1. The zero-order valence-corrected chi connectivity index (χ0v) is 11.9. The molecule has 1 amide bonds. The van der Waals surface area contributed by atoms with Gasteiger partial charge >= 0.3 is 0 Å². The van der Waals surface area contributed by atoms with Gasteiger partial charge in [-0.3, -0.25) is 9.48 Å². The van der Waals surface area contributed by atoms with Gasteiger partial charge in [-0.15, -0.1) is 0 Å². The molecule has 1 unspecified atom stereocenters. The molecule has 3 N–H and O–H groups in total. The molecule has 6 heteroatoms. The van der Waals surface area contributed by atoms with E-state index in [-0.39, 0.29) is 11.9 Å². The first-order valence-electron chi connectivity index (χ1n) is 6.63. The number of hydrogen-bond donors (Lipinski definition) is 2. The van der Waals surface area contributed by atoms with Gasteiger partial charge in [-0.2, -0.15) is 5.10 Å². The second-order valence-electron chi connectivity index (χ2n) is 5.26. The molecule has 0 spiro atoms. The number of nitrogens with zero attached hydrogens (tertiary/aromatic N) is 2. The predicted molar refractivity (Wildman–Crippen MR) is 77.5 cm³/mol. The Bertz CT molecular complexity index is 451. The van der Waals surface area contributed by atoms with Gasteiger partial charge in [0.1, 0.15) is 0 Å². The van der Waals surface area contributed by atoms with Crippen LogP contribution in [0.5, 0.6) is 0 Å². The van der Waals surface area contributed by atoms with Crippen LogP contribution in [0.1, 0.15) is 32.6 Å². The van der Waals surface area contributed by atoms with Crippen LogP contribution in [-0.2, 0) is 11.3 Å². The zero-order valence-electron chi connectivity index (χ0n) is 11.1. The molecule has 2 rings (SSSR count). The molecule has 1 aliphatic rings. The third-order valence-electron chi connectivity index (χ3n) is 3.76. The summed E-state index contributed by atoms with van der Waals surface area (Å²) in [4.78, 5) is 12.8. The molecule has 0 aliphatic heterocycles. The van der Waals surface area contributed by atoms with E-state index in [2.05, 4.69) is 10.4 Å². The van der Waals surface area contributed by atoms with Gasteiger partial charge in [0.25, 0.3) is 0 Å². The Labute approximate surface area is 118 Å². The van der Waals surface area contributed by atoms with E-state index in [9.17, 15) is 4.79 Å². The Hall–Kier alpha value is -1.43. The lowest BCUT2D eigenvalue weighted by atomic mass is 9.85. The molecule has 1 aromatic rings. The monoisotopic (exact) mass is 280 g/mol. The van der Waals surface area contributed by atoms with Gasteiger partial charge in [-0.25, -0.2) is 0 Å². The normalized spacial score (nSPS) is 19.0. The molecule has 0 bridgehead atoms. The quantitative estimate of drug-likeness (QED) is 0.796. The van der Waals surface area contributed by atoms with Gasteiger partial charge in [0.15, 0.2) is 0 Å². The highest BCUT2D eigenvalue weighted by Gasteiger charge is 2.44. The summed E-state index contributed by atoms with van der Waals surface area (Å²) >= 11 is 5.11. The number of nitrogens with two attached hydrogens (primary N) is 1. The molecule has 1 fully saturated rings. The smallest absolute Gasteiger partial charge is 0.233 e. The minimum atomic E-state index is -0.631. The maximum absolute atomic E-state index is 12.4. The van der Waals surface area contributed by atoms with E-state index in [1.54, 1.807) is 10.9 Å². The van der Waals surface area contributed by atoms with Crippen molar-refractivity contribution in [2.45, 2.75) is 45.2 Å². The Balaban J connectivity index is 1.97. The van der Waals surface area contributed by atoms with Gasteiger partial charge in [-0.05, 0) is 25.8 Å². The number of aromatic nitrogens is 2. The van der Waals surface area contributed by atoms with Gasteiger partial charge < -0.3 is 11.1 Å². The van der Waals surface area contributed by atoms with Crippen LogP contribution in [0.15, 0.2) is 18.5 Å². The van der Waals surface area contributed by atoms with Crippen molar-refractivity contribution < 1.29 is 4.79 Å². The summed E-state index contributed by atoms with van der Waals surface area (Å²) in [5.74, 6) is -0.0304. The molecule has 1 heterocycles. The van der Waals surface area contributed by atoms with Crippen molar-refractivity contribution in [2.24, 2.45) is 11.1 Å². The van der Waals surface area contributed by atoms with Crippen molar-refractivity contribution in [1.82, 2.24) is 15.1 Å². The van der Waals surface area contributed by atoms with E-state index >= 15 is 0 Å². The van der Waals surface area contributed by atoms with E-state index in [0.717, 1.165) is 25.7 Å². The first-order chi connectivity index (χ1) is 9.04. The lowest BCUT2D eigenvalue weighted by Gasteiger charge is -2.28. The van der Waals surface area contributed by atoms with Crippen molar-refractivity contribution in [2.75, 3.05) is 0 Å². The highest BCUT2D eigenvalue weighted by Crippen LogP contribution is 2.38. The van der Waals surface area contributed by atoms with E-state index in [1.165, 1.54) is 0 Å². The van der Waals surface area contributed by atoms with E-state index in [4.69, 9.17) is 18.0 Å². The first kappa shape index (κ1) is 14.0. The van der Waals surface area contributed by atoms with Crippen molar-refractivity contribution in [1.29, 1.82) is 0 Å². The van der Waals surface area contributed by atoms with Gasteiger partial charge in [0, 0.05) is 18.4 Å². The van der Waals surface area contributed by atoms with Crippen LogP contribution in [0.25, 0.3) is 0 Å². The van der Waals surface area contributed by atoms with Gasteiger partial charge in [0.05, 0.1) is 16.9 Å². The highest BCUT2D eigenvalue weighted by atomic mass is 32.1. The average molecular weight is 280 g/mol. The molecule has 1 aliphatic carbocycles. The van der Waals surface area contributed by atoms with Crippen LogP contribution >= 0.6 is 12.2 Å². The second kappa shape index (κ2) is 5.69. The van der Waals surface area contributed by atoms with Crippen molar-refractivity contribution in [3.63, 3.8) is 0 Å². The van der Waals surface area contributed by atoms with Crippen LogP contribution in [0, 0.1) is 5.41 Å². The molecule has 0 saturated heterocycles. The van der Waals surface area contributed by atoms with Crippen LogP contribution in [0.4, 0.5) is 0 Å². The maximum Gasteiger partial charge on any atom is 0.233 e. The summed E-state index contributed by atoms with van der Waals surface area (Å²) in [5.41, 5.74) is 5.17. The van der Waals surface area contributed by atoms with Gasteiger partial charge in [0.2, 0.25) is 5.91 Å². The summed E-state index contributed by atoms with van der Waals surface area (Å²) in [6.07, 6.45) is 7.16. The van der Waals surface area contributed by atoms with Crippen molar-refractivity contribution in [3.8, 4) is 0 Å². The van der Waals surface area contributed by atoms with Crippen LogP contribution in [-0.4, -0.2) is 26.7 Å². The number of carbonyl (C=O) groups excluding carboxylic acids is 1. The topological polar surface area (TPSA) is 72.9 Å². The van der Waals surface area contributed by atoms with Crippen molar-refractivity contribution in [3.05, 3.63) is 18.5 Å². The summed E-state index contributed by atoms with van der Waals surface area (Å²) in [6, 6.07) is 1.86. The molecule has 5 nitrogen and oxygen atoms in total. The molecule has 0 aromatic carbocycles. The fourth-order valence-electron chi connectivity index (χ4n) is 2.66. The SMILES string of the molecule is CC(Cn1cccn1)NC(=O)C1(C(N)=S)CCCC1. The number of hydrogen-bond acceptors (Lipinski definition) is 3. The van der Waals surface area contributed by atoms with E-state index in [0.29, 0.717) is 11.5 Å². The van der Waals surface area contributed by atoms with Crippen LogP contribution in [0.3, 0.4) is 0 Å². The average Bonchev–Trinajstić information content (AvgIpc) is 2.98. The Morgan fingerprint density at radius 3 is 2.79 bits per heavy atom. The third kappa shape index (κ3) is 2.94. The molecule has 19 heavy (non-hydrogen) atoms. The first-order valence-corrected chi connectivity index (χ1v) is 7.04. The number of thiocarbonyl (C=S) groups is 1.